The summed E-state index contributed by atoms with van der Waals surface area (Å²) in [6.45, 7) is 19.7. The Hall–Kier alpha value is -2.50. The molecular formula is C31H50F3NO2. The van der Waals surface area contributed by atoms with Crippen molar-refractivity contribution in [2.75, 3.05) is 4.90 Å². The minimum Gasteiger partial charge on any atom is -0.446 e. The minimum absolute atomic E-state index is 0.120. The van der Waals surface area contributed by atoms with Crippen molar-refractivity contribution in [3.8, 4) is 0 Å². The third-order valence-electron chi connectivity index (χ3n) is 5.54. The molecule has 37 heavy (non-hydrogen) atoms. The van der Waals surface area contributed by atoms with Crippen molar-refractivity contribution in [3.63, 3.8) is 0 Å². The van der Waals surface area contributed by atoms with Gasteiger partial charge in [-0.25, -0.2) is 18.0 Å². The summed E-state index contributed by atoms with van der Waals surface area (Å²) >= 11 is 0. The van der Waals surface area contributed by atoms with Crippen LogP contribution in [0, 0.1) is 30.3 Å². The molecule has 0 aliphatic heterocycles. The number of nitrogens with zero attached hydrogens (tertiary/aromatic N) is 1. The Morgan fingerprint density at radius 1 is 0.838 bits per heavy atom. The zero-order valence-corrected chi connectivity index (χ0v) is 24.8. The summed E-state index contributed by atoms with van der Waals surface area (Å²) in [7, 11) is 0. The summed E-state index contributed by atoms with van der Waals surface area (Å²) in [4.78, 5) is 14.6. The quantitative estimate of drug-likeness (QED) is 0.289. The number of ether oxygens (including phenoxy) is 1. The van der Waals surface area contributed by atoms with Crippen LogP contribution in [-0.2, 0) is 11.3 Å². The molecule has 0 radical (unpaired) electrons. The SMILES string of the molecule is CC.CC.CC.CCCC(CCC)[C@H](CC)OC(=O)N(Cc1cc(F)c(F)cc1F)c1ccccc1C. The number of hydrogen-bond acceptors (Lipinski definition) is 2. The average molecular weight is 526 g/mol. The van der Waals surface area contributed by atoms with Gasteiger partial charge in [0.1, 0.15) is 11.9 Å². The van der Waals surface area contributed by atoms with Gasteiger partial charge in [0.2, 0.25) is 0 Å². The van der Waals surface area contributed by atoms with E-state index >= 15 is 0 Å². The maximum absolute atomic E-state index is 14.3. The van der Waals surface area contributed by atoms with E-state index in [0.29, 0.717) is 18.2 Å². The van der Waals surface area contributed by atoms with E-state index in [1.165, 1.54) is 4.90 Å². The second-order valence-electron chi connectivity index (χ2n) is 7.90. The second kappa shape index (κ2) is 21.6. The Bertz CT molecular complexity index is 868. The van der Waals surface area contributed by atoms with Gasteiger partial charge in [-0.3, -0.25) is 4.90 Å². The lowest BCUT2D eigenvalue weighted by molar-refractivity contribution is 0.0566. The number of anilines is 1. The van der Waals surface area contributed by atoms with Crippen molar-refractivity contribution in [1.29, 1.82) is 0 Å². The lowest BCUT2D eigenvalue weighted by Gasteiger charge is -2.30. The monoisotopic (exact) mass is 525 g/mol. The van der Waals surface area contributed by atoms with Crippen LogP contribution in [0.25, 0.3) is 0 Å². The van der Waals surface area contributed by atoms with Crippen LogP contribution < -0.4 is 4.90 Å². The van der Waals surface area contributed by atoms with E-state index in [9.17, 15) is 18.0 Å². The topological polar surface area (TPSA) is 29.5 Å². The van der Waals surface area contributed by atoms with Crippen LogP contribution in [0.1, 0.15) is 106 Å². The van der Waals surface area contributed by atoms with Crippen molar-refractivity contribution in [3.05, 3.63) is 65.0 Å². The van der Waals surface area contributed by atoms with Crippen molar-refractivity contribution in [2.45, 2.75) is 114 Å². The Morgan fingerprint density at radius 3 is 1.84 bits per heavy atom. The lowest BCUT2D eigenvalue weighted by atomic mass is 9.91. The number of halogens is 3. The first-order valence-corrected chi connectivity index (χ1v) is 14.0. The molecule has 0 fully saturated rings. The van der Waals surface area contributed by atoms with Crippen LogP contribution in [0.5, 0.6) is 0 Å². The van der Waals surface area contributed by atoms with Crippen LogP contribution in [0.2, 0.25) is 0 Å². The van der Waals surface area contributed by atoms with Crippen LogP contribution >= 0.6 is 0 Å². The zero-order chi connectivity index (χ0) is 29.0. The number of rotatable bonds is 10. The first-order valence-electron chi connectivity index (χ1n) is 14.0. The number of hydrogen-bond donors (Lipinski definition) is 0. The molecule has 0 aliphatic carbocycles. The predicted octanol–water partition coefficient (Wildman–Crippen LogP) is 10.6. The number of carbonyl (C=O) groups is 1. The fraction of sp³-hybridized carbons (Fsp3) is 0.581. The van der Waals surface area contributed by atoms with Gasteiger partial charge in [-0.05, 0) is 49.8 Å². The fourth-order valence-corrected chi connectivity index (χ4v) is 3.93. The number of benzene rings is 2. The van der Waals surface area contributed by atoms with Crippen molar-refractivity contribution in [1.82, 2.24) is 0 Å². The number of para-hydroxylation sites is 1. The first kappa shape index (κ1) is 36.7. The Morgan fingerprint density at radius 2 is 1.35 bits per heavy atom. The standard InChI is InChI=1S/C25H32F3NO2.3C2H6/c1-5-10-18(11-6-2)24(7-3)31-25(30)29(23-13-9-8-12-17(23)4)16-19-14-21(27)22(28)15-20(19)26;3*1-2/h8-9,12-15,18,24H,5-7,10-11,16H2,1-4H3;3*1-2H3/t24-;;;/m0.../s1. The first-order chi connectivity index (χ1) is 17.8. The van der Waals surface area contributed by atoms with Crippen LogP contribution in [0.3, 0.4) is 0 Å². The van der Waals surface area contributed by atoms with Crippen LogP contribution in [-0.4, -0.2) is 12.2 Å². The van der Waals surface area contributed by atoms with Crippen LogP contribution in [0.4, 0.5) is 23.7 Å². The molecule has 0 saturated carbocycles. The molecule has 1 amide bonds. The second-order valence-corrected chi connectivity index (χ2v) is 7.90. The molecule has 2 rings (SSSR count). The highest BCUT2D eigenvalue weighted by Crippen LogP contribution is 2.28. The van der Waals surface area contributed by atoms with Crippen molar-refractivity contribution in [2.24, 2.45) is 5.92 Å². The fourth-order valence-electron chi connectivity index (χ4n) is 3.93. The largest absolute Gasteiger partial charge is 0.446 e. The van der Waals surface area contributed by atoms with Gasteiger partial charge < -0.3 is 4.74 Å². The number of aryl methyl sites for hydroxylation is 1. The van der Waals surface area contributed by atoms with Gasteiger partial charge in [0.25, 0.3) is 0 Å². The van der Waals surface area contributed by atoms with E-state index < -0.39 is 23.5 Å². The number of amides is 1. The number of carbonyl (C=O) groups excluding carboxylic acids is 1. The summed E-state index contributed by atoms with van der Waals surface area (Å²) in [5.41, 5.74) is 1.20. The summed E-state index contributed by atoms with van der Waals surface area (Å²) in [5, 5.41) is 0. The molecule has 2 aromatic rings. The molecule has 3 nitrogen and oxygen atoms in total. The summed E-state index contributed by atoms with van der Waals surface area (Å²) in [6.07, 6.45) is 3.64. The highest BCUT2D eigenvalue weighted by atomic mass is 19.2. The zero-order valence-electron chi connectivity index (χ0n) is 24.8. The van der Waals surface area contributed by atoms with Crippen molar-refractivity contribution >= 4 is 11.8 Å². The molecule has 6 heteroatoms. The van der Waals surface area contributed by atoms with E-state index in [1.54, 1.807) is 12.1 Å². The van der Waals surface area contributed by atoms with Gasteiger partial charge in [-0.2, -0.15) is 0 Å². The molecule has 0 saturated heterocycles. The van der Waals surface area contributed by atoms with E-state index in [1.807, 2.05) is 67.5 Å². The van der Waals surface area contributed by atoms with Gasteiger partial charge in [-0.15, -0.1) is 0 Å². The maximum Gasteiger partial charge on any atom is 0.414 e. The summed E-state index contributed by atoms with van der Waals surface area (Å²) in [6, 6.07) is 8.43. The van der Waals surface area contributed by atoms with Crippen molar-refractivity contribution < 1.29 is 22.7 Å². The third-order valence-corrected chi connectivity index (χ3v) is 5.54. The third kappa shape index (κ3) is 12.1. The van der Waals surface area contributed by atoms with E-state index in [0.717, 1.165) is 37.3 Å². The molecular weight excluding hydrogens is 475 g/mol. The maximum atomic E-state index is 14.3. The van der Waals surface area contributed by atoms with Gasteiger partial charge in [0.15, 0.2) is 11.6 Å². The molecule has 1 atom stereocenters. The normalized spacial score (nSPS) is 10.6. The molecule has 0 N–H and O–H groups in total. The van der Waals surface area contributed by atoms with Gasteiger partial charge in [0, 0.05) is 11.6 Å². The molecule has 0 unspecified atom stereocenters. The molecule has 0 spiro atoms. The van der Waals surface area contributed by atoms with E-state index in [4.69, 9.17) is 4.74 Å². The molecule has 0 bridgehead atoms. The van der Waals surface area contributed by atoms with Gasteiger partial charge >= 0.3 is 6.09 Å². The van der Waals surface area contributed by atoms with Crippen LogP contribution in [0.15, 0.2) is 36.4 Å². The molecule has 0 heterocycles. The Labute approximate surface area is 224 Å². The molecule has 2 aromatic carbocycles. The molecule has 212 valence electrons. The average Bonchev–Trinajstić information content (AvgIpc) is 2.92. The summed E-state index contributed by atoms with van der Waals surface area (Å²) < 4.78 is 47.4. The van der Waals surface area contributed by atoms with Gasteiger partial charge in [-0.1, -0.05) is 93.4 Å². The summed E-state index contributed by atoms with van der Waals surface area (Å²) in [5.74, 6) is -3.10. The lowest BCUT2D eigenvalue weighted by Crippen LogP contribution is -2.37. The van der Waals surface area contributed by atoms with E-state index in [-0.39, 0.29) is 24.1 Å². The smallest absolute Gasteiger partial charge is 0.414 e. The molecule has 0 aliphatic rings. The van der Waals surface area contributed by atoms with E-state index in [2.05, 4.69) is 13.8 Å². The van der Waals surface area contributed by atoms with Gasteiger partial charge in [0.05, 0.1) is 12.2 Å². The Balaban J connectivity index is 0. The highest BCUT2D eigenvalue weighted by Gasteiger charge is 2.28. The predicted molar refractivity (Wildman–Crippen MR) is 152 cm³/mol. The Kier molecular flexibility index (Phi) is 21.4. The minimum atomic E-state index is -1.26. The molecule has 0 aromatic heterocycles. The highest BCUT2D eigenvalue weighted by molar-refractivity contribution is 5.88.